The van der Waals surface area contributed by atoms with Crippen LogP contribution in [0.4, 0.5) is 5.69 Å². The third-order valence-electron chi connectivity index (χ3n) is 3.33. The molecule has 6 nitrogen and oxygen atoms in total. The van der Waals surface area contributed by atoms with E-state index in [-0.39, 0.29) is 12.5 Å². The maximum atomic E-state index is 12.1. The van der Waals surface area contributed by atoms with Crippen molar-refractivity contribution in [1.29, 1.82) is 0 Å². The van der Waals surface area contributed by atoms with Crippen molar-refractivity contribution in [3.63, 3.8) is 0 Å². The number of ether oxygens (including phenoxy) is 3. The Labute approximate surface area is 153 Å². The Kier molecular flexibility index (Phi) is 7.49. The average molecular weight is 357 g/mol. The van der Waals surface area contributed by atoms with Crippen molar-refractivity contribution in [2.75, 3.05) is 25.1 Å². The maximum Gasteiger partial charge on any atom is 0.338 e. The first-order valence-electron chi connectivity index (χ1n) is 8.55. The molecule has 0 aliphatic heterocycles. The second-order valence-electron chi connectivity index (χ2n) is 5.43. The smallest absolute Gasteiger partial charge is 0.338 e. The molecule has 0 saturated carbocycles. The zero-order chi connectivity index (χ0) is 18.8. The van der Waals surface area contributed by atoms with Crippen molar-refractivity contribution in [1.82, 2.24) is 0 Å². The number of nitrogens with one attached hydrogen (secondary N) is 1. The number of hydrogen-bond acceptors (Lipinski definition) is 5. The molecule has 0 radical (unpaired) electrons. The van der Waals surface area contributed by atoms with Crippen LogP contribution in [0.1, 0.15) is 30.6 Å². The summed E-state index contributed by atoms with van der Waals surface area (Å²) in [6.07, 6.45) is 0.753. The van der Waals surface area contributed by atoms with E-state index in [1.807, 2.05) is 19.9 Å². The van der Waals surface area contributed by atoms with E-state index in [0.717, 1.165) is 6.42 Å². The molecule has 0 spiro atoms. The van der Waals surface area contributed by atoms with Crippen LogP contribution in [-0.4, -0.2) is 31.7 Å². The number of anilines is 1. The van der Waals surface area contributed by atoms with Crippen LogP contribution in [-0.2, 0) is 9.53 Å². The van der Waals surface area contributed by atoms with E-state index < -0.39 is 5.97 Å². The lowest BCUT2D eigenvalue weighted by molar-refractivity contribution is -0.118. The van der Waals surface area contributed by atoms with E-state index in [4.69, 9.17) is 14.2 Å². The molecule has 1 amide bonds. The third kappa shape index (κ3) is 5.81. The van der Waals surface area contributed by atoms with Gasteiger partial charge in [-0.05, 0) is 43.7 Å². The molecule has 0 bridgehead atoms. The Balaban J connectivity index is 1.93. The zero-order valence-corrected chi connectivity index (χ0v) is 15.0. The number of amides is 1. The Morgan fingerprint density at radius 1 is 0.962 bits per heavy atom. The molecule has 2 aromatic carbocycles. The van der Waals surface area contributed by atoms with Gasteiger partial charge in [0.05, 0.1) is 18.8 Å². The van der Waals surface area contributed by atoms with E-state index in [0.29, 0.717) is 36.0 Å². The standard InChI is InChI=1S/C20H23NO5/c1-3-12-25-20(23)15-8-7-9-16(13-15)21-19(22)14-26-18-11-6-5-10-17(18)24-4-2/h5-11,13H,3-4,12,14H2,1-2H3,(H,21,22). The topological polar surface area (TPSA) is 73.9 Å². The third-order valence-corrected chi connectivity index (χ3v) is 3.33. The van der Waals surface area contributed by atoms with Crippen LogP contribution < -0.4 is 14.8 Å². The Hall–Kier alpha value is -3.02. The number of hydrogen-bond donors (Lipinski definition) is 1. The summed E-state index contributed by atoms with van der Waals surface area (Å²) < 4.78 is 16.1. The van der Waals surface area contributed by atoms with E-state index in [1.54, 1.807) is 42.5 Å². The van der Waals surface area contributed by atoms with Gasteiger partial charge in [-0.25, -0.2) is 4.79 Å². The largest absolute Gasteiger partial charge is 0.490 e. The van der Waals surface area contributed by atoms with Crippen molar-refractivity contribution in [3.8, 4) is 11.5 Å². The highest BCUT2D eigenvalue weighted by atomic mass is 16.5. The molecule has 0 atom stereocenters. The quantitative estimate of drug-likeness (QED) is 0.693. The molecular formula is C20H23NO5. The number of esters is 1. The minimum absolute atomic E-state index is 0.172. The maximum absolute atomic E-state index is 12.1. The number of carbonyl (C=O) groups excluding carboxylic acids is 2. The van der Waals surface area contributed by atoms with Crippen LogP contribution in [0.2, 0.25) is 0 Å². The molecule has 0 aliphatic rings. The number of benzene rings is 2. The van der Waals surface area contributed by atoms with E-state index in [1.165, 1.54) is 0 Å². The molecule has 0 aliphatic carbocycles. The summed E-state index contributed by atoms with van der Waals surface area (Å²) in [6.45, 7) is 4.50. The number of para-hydroxylation sites is 2. The lowest BCUT2D eigenvalue weighted by atomic mass is 10.2. The molecule has 0 aromatic heterocycles. The van der Waals surface area contributed by atoms with Crippen LogP contribution in [0.15, 0.2) is 48.5 Å². The minimum Gasteiger partial charge on any atom is -0.490 e. The lowest BCUT2D eigenvalue weighted by Crippen LogP contribution is -2.20. The number of rotatable bonds is 9. The molecule has 0 unspecified atom stereocenters. The number of carbonyl (C=O) groups is 2. The Morgan fingerprint density at radius 3 is 2.38 bits per heavy atom. The second kappa shape index (κ2) is 10.1. The summed E-state index contributed by atoms with van der Waals surface area (Å²) in [5.74, 6) is 0.338. The van der Waals surface area contributed by atoms with Gasteiger partial charge in [0.2, 0.25) is 0 Å². The fourth-order valence-electron chi connectivity index (χ4n) is 2.19. The molecule has 1 N–H and O–H groups in total. The predicted molar refractivity (Wildman–Crippen MR) is 98.8 cm³/mol. The van der Waals surface area contributed by atoms with Gasteiger partial charge < -0.3 is 19.5 Å². The van der Waals surface area contributed by atoms with Crippen molar-refractivity contribution in [2.24, 2.45) is 0 Å². The van der Waals surface area contributed by atoms with Gasteiger partial charge in [-0.1, -0.05) is 25.1 Å². The molecular weight excluding hydrogens is 334 g/mol. The highest BCUT2D eigenvalue weighted by Gasteiger charge is 2.10. The van der Waals surface area contributed by atoms with Gasteiger partial charge in [-0.15, -0.1) is 0 Å². The fraction of sp³-hybridized carbons (Fsp3) is 0.300. The van der Waals surface area contributed by atoms with E-state index in [9.17, 15) is 9.59 Å². The molecule has 2 rings (SSSR count). The monoisotopic (exact) mass is 357 g/mol. The van der Waals surface area contributed by atoms with Gasteiger partial charge in [0, 0.05) is 5.69 Å². The predicted octanol–water partition coefficient (Wildman–Crippen LogP) is 3.67. The molecule has 138 valence electrons. The Bertz CT molecular complexity index is 744. The van der Waals surface area contributed by atoms with Gasteiger partial charge in [-0.3, -0.25) is 4.79 Å². The normalized spacial score (nSPS) is 10.1. The first-order valence-corrected chi connectivity index (χ1v) is 8.55. The lowest BCUT2D eigenvalue weighted by Gasteiger charge is -2.12. The van der Waals surface area contributed by atoms with Crippen LogP contribution >= 0.6 is 0 Å². The SMILES string of the molecule is CCCOC(=O)c1cccc(NC(=O)COc2ccccc2OCC)c1. The molecule has 2 aromatic rings. The van der Waals surface area contributed by atoms with E-state index >= 15 is 0 Å². The summed E-state index contributed by atoms with van der Waals surface area (Å²) in [6, 6.07) is 13.8. The van der Waals surface area contributed by atoms with Crippen LogP contribution in [0.5, 0.6) is 11.5 Å². The summed E-state index contributed by atoms with van der Waals surface area (Å²) in [5.41, 5.74) is 0.890. The zero-order valence-electron chi connectivity index (χ0n) is 15.0. The minimum atomic E-state index is -0.412. The van der Waals surface area contributed by atoms with Gasteiger partial charge >= 0.3 is 5.97 Å². The van der Waals surface area contributed by atoms with Gasteiger partial charge in [-0.2, -0.15) is 0 Å². The second-order valence-corrected chi connectivity index (χ2v) is 5.43. The van der Waals surface area contributed by atoms with Crippen molar-refractivity contribution in [3.05, 3.63) is 54.1 Å². The van der Waals surface area contributed by atoms with Crippen molar-refractivity contribution in [2.45, 2.75) is 20.3 Å². The highest BCUT2D eigenvalue weighted by Crippen LogP contribution is 2.26. The van der Waals surface area contributed by atoms with Crippen molar-refractivity contribution < 1.29 is 23.8 Å². The summed E-state index contributed by atoms with van der Waals surface area (Å²) in [5, 5.41) is 2.70. The van der Waals surface area contributed by atoms with Crippen LogP contribution in [0.25, 0.3) is 0 Å². The highest BCUT2D eigenvalue weighted by molar-refractivity contribution is 5.95. The van der Waals surface area contributed by atoms with Gasteiger partial charge in [0.1, 0.15) is 0 Å². The molecule has 26 heavy (non-hydrogen) atoms. The van der Waals surface area contributed by atoms with Gasteiger partial charge in [0.25, 0.3) is 5.91 Å². The van der Waals surface area contributed by atoms with Crippen LogP contribution in [0, 0.1) is 0 Å². The summed E-state index contributed by atoms with van der Waals surface area (Å²) >= 11 is 0. The summed E-state index contributed by atoms with van der Waals surface area (Å²) in [7, 11) is 0. The molecule has 6 heteroatoms. The summed E-state index contributed by atoms with van der Waals surface area (Å²) in [4.78, 5) is 24.0. The molecule has 0 saturated heterocycles. The molecule has 0 fully saturated rings. The van der Waals surface area contributed by atoms with Gasteiger partial charge in [0.15, 0.2) is 18.1 Å². The first-order chi connectivity index (χ1) is 12.6. The first kappa shape index (κ1) is 19.3. The van der Waals surface area contributed by atoms with E-state index in [2.05, 4.69) is 5.32 Å². The Morgan fingerprint density at radius 2 is 1.69 bits per heavy atom. The average Bonchev–Trinajstić information content (AvgIpc) is 2.66. The molecule has 0 heterocycles. The van der Waals surface area contributed by atoms with Crippen molar-refractivity contribution >= 4 is 17.6 Å². The fourth-order valence-corrected chi connectivity index (χ4v) is 2.19. The van der Waals surface area contributed by atoms with Crippen LogP contribution in [0.3, 0.4) is 0 Å².